The highest BCUT2D eigenvalue weighted by molar-refractivity contribution is 7.92. The van der Waals surface area contributed by atoms with E-state index >= 15 is 0 Å². The molecule has 0 atom stereocenters. The van der Waals surface area contributed by atoms with Crippen LogP contribution in [-0.2, 0) is 37.2 Å². The maximum atomic E-state index is 12.9. The minimum Gasteiger partial charge on any atom is -0.457 e. The van der Waals surface area contributed by atoms with Gasteiger partial charge >= 0.3 is 13.1 Å². The van der Waals surface area contributed by atoms with Crippen LogP contribution in [0.25, 0.3) is 0 Å². The maximum absolute atomic E-state index is 12.9. The van der Waals surface area contributed by atoms with E-state index in [0.29, 0.717) is 5.46 Å². The van der Waals surface area contributed by atoms with Crippen LogP contribution in [0.5, 0.6) is 0 Å². The zero-order valence-electron chi connectivity index (χ0n) is 15.2. The van der Waals surface area contributed by atoms with E-state index < -0.39 is 23.1 Å². The van der Waals surface area contributed by atoms with E-state index in [1.165, 1.54) is 24.3 Å². The zero-order chi connectivity index (χ0) is 21.2. The Balaban J connectivity index is 1.86. The van der Waals surface area contributed by atoms with Gasteiger partial charge in [-0.2, -0.15) is 0 Å². The number of hydrogen-bond acceptors (Lipinski definition) is 8. The lowest BCUT2D eigenvalue weighted by Crippen LogP contribution is -2.28. The van der Waals surface area contributed by atoms with Crippen molar-refractivity contribution in [3.63, 3.8) is 0 Å². The van der Waals surface area contributed by atoms with Crippen LogP contribution < -0.4 is 21.7 Å². The van der Waals surface area contributed by atoms with Crippen molar-refractivity contribution >= 4 is 45.8 Å². The molecule has 3 rings (SSSR count). The smallest absolute Gasteiger partial charge is 0.457 e. The number of fused-ring (bicyclic) bond motifs is 1. The standard InChI is InChI=1S/C17H19BN4O6S/c19-12-2-4-15(11(5-12)6-17(23)27-9-16(20)21)29(25,26)22-13-3-1-10-8-28-18(24)14(10)7-13/h1-5,7,22,24H,6,8-9,19H2,(H3,20,21). The quantitative estimate of drug-likeness (QED) is 0.129. The summed E-state index contributed by atoms with van der Waals surface area (Å²) >= 11 is 0. The molecule has 0 bridgehead atoms. The van der Waals surface area contributed by atoms with Gasteiger partial charge in [-0.05, 0) is 46.9 Å². The minimum absolute atomic E-state index is 0.135. The van der Waals surface area contributed by atoms with Crippen LogP contribution in [0.3, 0.4) is 0 Å². The van der Waals surface area contributed by atoms with Crippen LogP contribution in [0.4, 0.5) is 11.4 Å². The highest BCUT2D eigenvalue weighted by atomic mass is 32.2. The van der Waals surface area contributed by atoms with Crippen LogP contribution in [-0.4, -0.2) is 39.0 Å². The fourth-order valence-electron chi connectivity index (χ4n) is 2.85. The number of anilines is 2. The number of ether oxygens (including phenoxy) is 1. The molecule has 0 radical (unpaired) electrons. The molecule has 0 saturated carbocycles. The first kappa shape index (κ1) is 20.6. The van der Waals surface area contributed by atoms with Gasteiger partial charge in [0.15, 0.2) is 0 Å². The predicted octanol–water partition coefficient (Wildman–Crippen LogP) is -0.691. The van der Waals surface area contributed by atoms with Gasteiger partial charge in [0.2, 0.25) is 0 Å². The number of carbonyl (C=O) groups excluding carboxylic acids is 1. The summed E-state index contributed by atoms with van der Waals surface area (Å²) in [6.07, 6.45) is -0.370. The summed E-state index contributed by atoms with van der Waals surface area (Å²) in [7, 11) is -5.19. The first-order valence-corrected chi connectivity index (χ1v) is 9.96. The molecule has 2 aromatic rings. The Morgan fingerprint density at radius 2 is 2.07 bits per heavy atom. The SMILES string of the molecule is N=C(N)COC(=O)Cc1cc(N)ccc1S(=O)(=O)Nc1ccc2c(c1)B(O)OC2. The molecule has 0 aliphatic carbocycles. The second kappa shape index (κ2) is 8.11. The number of nitrogens with two attached hydrogens (primary N) is 2. The molecule has 0 unspecified atom stereocenters. The number of amidine groups is 1. The van der Waals surface area contributed by atoms with E-state index in [0.717, 1.165) is 5.56 Å². The van der Waals surface area contributed by atoms with Gasteiger partial charge in [-0.3, -0.25) is 14.9 Å². The van der Waals surface area contributed by atoms with Gasteiger partial charge in [-0.1, -0.05) is 6.07 Å². The molecule has 152 valence electrons. The molecule has 0 saturated heterocycles. The molecule has 0 spiro atoms. The molecular formula is C17H19BN4O6S. The zero-order valence-corrected chi connectivity index (χ0v) is 16.0. The Bertz CT molecular complexity index is 1080. The molecule has 10 nitrogen and oxygen atoms in total. The lowest BCUT2D eigenvalue weighted by atomic mass is 9.79. The second-order valence-electron chi connectivity index (χ2n) is 6.41. The molecule has 2 aromatic carbocycles. The van der Waals surface area contributed by atoms with E-state index in [4.69, 9.17) is 26.3 Å². The third-order valence-corrected chi connectivity index (χ3v) is 5.64. The fraction of sp³-hybridized carbons (Fsp3) is 0.176. The third kappa shape index (κ3) is 4.85. The number of nitrogen functional groups attached to an aromatic ring is 1. The lowest BCUT2D eigenvalue weighted by molar-refractivity contribution is -0.141. The van der Waals surface area contributed by atoms with Gasteiger partial charge in [0.1, 0.15) is 12.4 Å². The first-order chi connectivity index (χ1) is 13.7. The van der Waals surface area contributed by atoms with Crippen LogP contribution in [0.1, 0.15) is 11.1 Å². The number of carbonyl (C=O) groups is 1. The molecule has 0 amide bonds. The highest BCUT2D eigenvalue weighted by Gasteiger charge is 2.28. The summed E-state index contributed by atoms with van der Waals surface area (Å²) in [6, 6.07) is 8.75. The molecule has 0 aromatic heterocycles. The summed E-state index contributed by atoms with van der Waals surface area (Å²) in [6.45, 7) is -0.144. The van der Waals surface area contributed by atoms with Crippen molar-refractivity contribution in [3.8, 4) is 0 Å². The third-order valence-electron chi connectivity index (χ3n) is 4.16. The monoisotopic (exact) mass is 418 g/mol. The van der Waals surface area contributed by atoms with Gasteiger partial charge in [0, 0.05) is 11.4 Å². The van der Waals surface area contributed by atoms with Crippen molar-refractivity contribution in [2.45, 2.75) is 17.9 Å². The summed E-state index contributed by atoms with van der Waals surface area (Å²) in [4.78, 5) is 11.8. The molecule has 1 aliphatic rings. The summed E-state index contributed by atoms with van der Waals surface area (Å²) < 4.78 is 38.2. The molecule has 0 fully saturated rings. The normalized spacial score (nSPS) is 13.1. The fourth-order valence-corrected chi connectivity index (χ4v) is 4.12. The minimum atomic E-state index is -4.08. The van der Waals surface area contributed by atoms with Crippen molar-refractivity contribution in [2.75, 3.05) is 17.1 Å². The molecule has 1 heterocycles. The van der Waals surface area contributed by atoms with E-state index in [1.807, 2.05) is 0 Å². The van der Waals surface area contributed by atoms with E-state index in [9.17, 15) is 18.2 Å². The Kier molecular flexibility index (Phi) is 5.77. The van der Waals surface area contributed by atoms with Gasteiger partial charge in [-0.25, -0.2) is 8.42 Å². The summed E-state index contributed by atoms with van der Waals surface area (Å²) in [5.41, 5.74) is 12.8. The second-order valence-corrected chi connectivity index (χ2v) is 8.06. The van der Waals surface area contributed by atoms with Crippen molar-refractivity contribution in [3.05, 3.63) is 47.5 Å². The van der Waals surface area contributed by atoms with Gasteiger partial charge < -0.3 is 25.9 Å². The van der Waals surface area contributed by atoms with E-state index in [2.05, 4.69) is 4.72 Å². The van der Waals surface area contributed by atoms with Crippen molar-refractivity contribution < 1.29 is 27.6 Å². The predicted molar refractivity (Wildman–Crippen MR) is 107 cm³/mol. The largest absolute Gasteiger partial charge is 0.491 e. The molecule has 12 heteroatoms. The Morgan fingerprint density at radius 1 is 1.31 bits per heavy atom. The van der Waals surface area contributed by atoms with Crippen LogP contribution in [0, 0.1) is 5.41 Å². The number of hydrogen-bond donors (Lipinski definition) is 5. The van der Waals surface area contributed by atoms with Crippen molar-refractivity contribution in [2.24, 2.45) is 5.73 Å². The number of rotatable bonds is 7. The van der Waals surface area contributed by atoms with Gasteiger partial charge in [-0.15, -0.1) is 0 Å². The Labute approximate surface area is 167 Å². The Morgan fingerprint density at radius 3 is 2.79 bits per heavy atom. The Hall–Kier alpha value is -3.09. The molecular weight excluding hydrogens is 399 g/mol. The van der Waals surface area contributed by atoms with Crippen LogP contribution in [0.15, 0.2) is 41.3 Å². The lowest BCUT2D eigenvalue weighted by Gasteiger charge is -2.14. The highest BCUT2D eigenvalue weighted by Crippen LogP contribution is 2.23. The molecule has 7 N–H and O–H groups in total. The number of nitrogens with one attached hydrogen (secondary N) is 2. The average Bonchev–Trinajstić information content (AvgIpc) is 3.00. The van der Waals surface area contributed by atoms with Crippen molar-refractivity contribution in [1.82, 2.24) is 0 Å². The molecule has 29 heavy (non-hydrogen) atoms. The summed E-state index contributed by atoms with van der Waals surface area (Å²) in [5.74, 6) is -1.08. The van der Waals surface area contributed by atoms with Gasteiger partial charge in [0.05, 0.1) is 17.9 Å². The maximum Gasteiger partial charge on any atom is 0.491 e. The van der Waals surface area contributed by atoms with Crippen molar-refractivity contribution in [1.29, 1.82) is 5.41 Å². The van der Waals surface area contributed by atoms with Crippen LogP contribution >= 0.6 is 0 Å². The van der Waals surface area contributed by atoms with E-state index in [1.54, 1.807) is 12.1 Å². The summed E-state index contributed by atoms with van der Waals surface area (Å²) in [5, 5.41) is 16.9. The van der Waals surface area contributed by atoms with Crippen LogP contribution in [0.2, 0.25) is 0 Å². The van der Waals surface area contributed by atoms with E-state index in [-0.39, 0.29) is 47.3 Å². The topological polar surface area (TPSA) is 178 Å². The molecule has 1 aliphatic heterocycles. The number of esters is 1. The van der Waals surface area contributed by atoms with Gasteiger partial charge in [0.25, 0.3) is 10.0 Å². The first-order valence-electron chi connectivity index (χ1n) is 8.48. The number of benzene rings is 2. The average molecular weight is 418 g/mol. The number of sulfonamides is 1.